The van der Waals surface area contributed by atoms with Gasteiger partial charge in [-0.05, 0) is 80.2 Å². The third kappa shape index (κ3) is 2.65. The molecule has 0 atom stereocenters. The molecule has 2 nitrogen and oxygen atoms in total. The van der Waals surface area contributed by atoms with Gasteiger partial charge in [0.25, 0.3) is 0 Å². The first-order chi connectivity index (χ1) is 17.2. The Kier molecular flexibility index (Phi) is 4.10. The first kappa shape index (κ1) is 19.9. The van der Waals surface area contributed by atoms with Gasteiger partial charge in [-0.2, -0.15) is 0 Å². The van der Waals surface area contributed by atoms with E-state index in [1.165, 1.54) is 0 Å². The highest BCUT2D eigenvalue weighted by Crippen LogP contribution is 2.60. The highest BCUT2D eigenvalue weighted by Gasteiger charge is 2.49. The standard InChI is InChI=1S/C33H22O2/c34-31-15-7-5-13-27(31)33(28-14-6-8-16-32(28)35)29-19-23-11-3-1-9-21(23)17-25(29)26-18-22-10-2-4-12-24(22)20-30(26)33/h1-20,34-35H. The van der Waals surface area contributed by atoms with Crippen LogP contribution in [-0.4, -0.2) is 10.2 Å². The summed E-state index contributed by atoms with van der Waals surface area (Å²) in [5, 5.41) is 27.1. The van der Waals surface area contributed by atoms with Gasteiger partial charge in [-0.3, -0.25) is 0 Å². The van der Waals surface area contributed by atoms with E-state index in [9.17, 15) is 10.2 Å². The third-order valence-corrected chi connectivity index (χ3v) is 7.49. The van der Waals surface area contributed by atoms with E-state index in [1.54, 1.807) is 12.1 Å². The second kappa shape index (κ2) is 7.22. The average Bonchev–Trinajstić information content (AvgIpc) is 3.15. The van der Waals surface area contributed by atoms with Crippen molar-refractivity contribution in [2.24, 2.45) is 0 Å². The first-order valence-electron chi connectivity index (χ1n) is 11.8. The average molecular weight is 451 g/mol. The maximum atomic E-state index is 11.3. The van der Waals surface area contributed by atoms with E-state index < -0.39 is 5.41 Å². The summed E-state index contributed by atoms with van der Waals surface area (Å²) in [7, 11) is 0. The Morgan fingerprint density at radius 1 is 0.371 bits per heavy atom. The molecule has 6 aromatic rings. The molecule has 6 aromatic carbocycles. The molecule has 2 N–H and O–H groups in total. The minimum Gasteiger partial charge on any atom is -0.508 e. The molecule has 0 fully saturated rings. The molecule has 0 amide bonds. The van der Waals surface area contributed by atoms with Crippen molar-refractivity contribution >= 4 is 21.5 Å². The predicted molar refractivity (Wildman–Crippen MR) is 142 cm³/mol. The lowest BCUT2D eigenvalue weighted by atomic mass is 9.66. The number of para-hydroxylation sites is 2. The number of benzene rings is 6. The fraction of sp³-hybridized carbons (Fsp3) is 0.0303. The molecule has 1 aliphatic rings. The van der Waals surface area contributed by atoms with E-state index in [0.717, 1.165) is 54.9 Å². The zero-order valence-electron chi connectivity index (χ0n) is 18.9. The van der Waals surface area contributed by atoms with Gasteiger partial charge in [-0.25, -0.2) is 0 Å². The lowest BCUT2D eigenvalue weighted by Gasteiger charge is -2.34. The quantitative estimate of drug-likeness (QED) is 0.282. The van der Waals surface area contributed by atoms with E-state index in [1.807, 2.05) is 48.5 Å². The van der Waals surface area contributed by atoms with Crippen LogP contribution in [0, 0.1) is 0 Å². The minimum atomic E-state index is -0.880. The summed E-state index contributed by atoms with van der Waals surface area (Å²) in [5.74, 6) is 0.409. The van der Waals surface area contributed by atoms with Gasteiger partial charge < -0.3 is 10.2 Å². The monoisotopic (exact) mass is 450 g/mol. The molecule has 0 saturated carbocycles. The molecule has 0 spiro atoms. The molecule has 0 aliphatic heterocycles. The molecule has 166 valence electrons. The lowest BCUT2D eigenvalue weighted by Crippen LogP contribution is -2.29. The molecule has 0 unspecified atom stereocenters. The number of hydrogen-bond acceptors (Lipinski definition) is 2. The number of aromatic hydroxyl groups is 2. The van der Waals surface area contributed by atoms with Crippen molar-refractivity contribution in [2.75, 3.05) is 0 Å². The Labute approximate surface area is 203 Å². The molecular weight excluding hydrogens is 428 g/mol. The zero-order valence-corrected chi connectivity index (χ0v) is 18.9. The second-order valence-electron chi connectivity index (χ2n) is 9.27. The first-order valence-corrected chi connectivity index (χ1v) is 11.8. The molecule has 0 bridgehead atoms. The fourth-order valence-electron chi connectivity index (χ4n) is 6.00. The predicted octanol–water partition coefficient (Wildman–Crippen LogP) is 7.77. The van der Waals surface area contributed by atoms with Crippen LogP contribution in [0.2, 0.25) is 0 Å². The van der Waals surface area contributed by atoms with Crippen molar-refractivity contribution in [3.05, 3.63) is 144 Å². The van der Waals surface area contributed by atoms with Crippen LogP contribution >= 0.6 is 0 Å². The van der Waals surface area contributed by atoms with Crippen LogP contribution in [0.4, 0.5) is 0 Å². The molecule has 0 aromatic heterocycles. The van der Waals surface area contributed by atoms with Crippen molar-refractivity contribution in [1.82, 2.24) is 0 Å². The molecule has 7 rings (SSSR count). The summed E-state index contributed by atoms with van der Waals surface area (Å²) >= 11 is 0. The van der Waals surface area contributed by atoms with E-state index in [-0.39, 0.29) is 11.5 Å². The molecule has 2 heteroatoms. The Morgan fingerprint density at radius 3 is 1.11 bits per heavy atom. The lowest BCUT2D eigenvalue weighted by molar-refractivity contribution is 0.448. The van der Waals surface area contributed by atoms with Crippen LogP contribution in [0.5, 0.6) is 11.5 Å². The Morgan fingerprint density at radius 2 is 0.714 bits per heavy atom. The zero-order chi connectivity index (χ0) is 23.6. The number of phenolic OH excluding ortho intramolecular Hbond substituents is 2. The summed E-state index contributed by atoms with van der Waals surface area (Å²) in [6, 6.07) is 40.7. The topological polar surface area (TPSA) is 40.5 Å². The van der Waals surface area contributed by atoms with Gasteiger partial charge in [0.2, 0.25) is 0 Å². The number of hydrogen-bond donors (Lipinski definition) is 2. The van der Waals surface area contributed by atoms with Crippen LogP contribution < -0.4 is 0 Å². The van der Waals surface area contributed by atoms with Crippen molar-refractivity contribution in [3.63, 3.8) is 0 Å². The van der Waals surface area contributed by atoms with Gasteiger partial charge in [0.15, 0.2) is 0 Å². The summed E-state index contributed by atoms with van der Waals surface area (Å²) in [6.45, 7) is 0. The van der Waals surface area contributed by atoms with Crippen LogP contribution in [0.25, 0.3) is 32.7 Å². The van der Waals surface area contributed by atoms with Gasteiger partial charge in [-0.1, -0.05) is 84.9 Å². The maximum absolute atomic E-state index is 11.3. The van der Waals surface area contributed by atoms with Crippen molar-refractivity contribution < 1.29 is 10.2 Å². The van der Waals surface area contributed by atoms with E-state index in [4.69, 9.17) is 0 Å². The number of rotatable bonds is 2. The molecule has 1 aliphatic carbocycles. The summed E-state index contributed by atoms with van der Waals surface area (Å²) < 4.78 is 0. The van der Waals surface area contributed by atoms with Gasteiger partial charge in [0, 0.05) is 11.1 Å². The largest absolute Gasteiger partial charge is 0.508 e. The van der Waals surface area contributed by atoms with Crippen LogP contribution in [0.15, 0.2) is 121 Å². The SMILES string of the molecule is Oc1ccccc1C1(c2ccccc2O)c2cc3ccccc3cc2-c2cc3ccccc3cc21. The van der Waals surface area contributed by atoms with Crippen molar-refractivity contribution in [2.45, 2.75) is 5.41 Å². The van der Waals surface area contributed by atoms with E-state index >= 15 is 0 Å². The highest BCUT2D eigenvalue weighted by atomic mass is 16.3. The molecule has 0 radical (unpaired) electrons. The summed E-state index contributed by atoms with van der Waals surface area (Å²) in [6.07, 6.45) is 0. The molecule has 0 heterocycles. The summed E-state index contributed by atoms with van der Waals surface area (Å²) in [4.78, 5) is 0. The van der Waals surface area contributed by atoms with Gasteiger partial charge >= 0.3 is 0 Å². The molecular formula is C33H22O2. The minimum absolute atomic E-state index is 0.205. The Bertz CT molecular complexity index is 1650. The van der Waals surface area contributed by atoms with E-state index in [0.29, 0.717) is 0 Å². The van der Waals surface area contributed by atoms with Gasteiger partial charge in [0.1, 0.15) is 11.5 Å². The normalized spacial score (nSPS) is 13.6. The van der Waals surface area contributed by atoms with Crippen molar-refractivity contribution in [3.8, 4) is 22.6 Å². The fourth-order valence-corrected chi connectivity index (χ4v) is 6.00. The second-order valence-corrected chi connectivity index (χ2v) is 9.27. The van der Waals surface area contributed by atoms with Gasteiger partial charge in [0.05, 0.1) is 5.41 Å². The number of phenols is 2. The van der Waals surface area contributed by atoms with Crippen molar-refractivity contribution in [1.29, 1.82) is 0 Å². The van der Waals surface area contributed by atoms with Crippen LogP contribution in [0.3, 0.4) is 0 Å². The third-order valence-electron chi connectivity index (χ3n) is 7.49. The van der Waals surface area contributed by atoms with Crippen LogP contribution in [-0.2, 0) is 5.41 Å². The van der Waals surface area contributed by atoms with E-state index in [2.05, 4.69) is 60.7 Å². The van der Waals surface area contributed by atoms with Gasteiger partial charge in [-0.15, -0.1) is 0 Å². The smallest absolute Gasteiger partial charge is 0.120 e. The molecule has 0 saturated heterocycles. The number of fused-ring (bicyclic) bond motifs is 5. The Balaban J connectivity index is 1.75. The van der Waals surface area contributed by atoms with Crippen LogP contribution in [0.1, 0.15) is 22.3 Å². The Hall–Kier alpha value is -4.56. The summed E-state index contributed by atoms with van der Waals surface area (Å²) in [5.41, 5.74) is 5.00. The molecule has 35 heavy (non-hydrogen) atoms. The highest BCUT2D eigenvalue weighted by molar-refractivity contribution is 6.00. The maximum Gasteiger partial charge on any atom is 0.120 e.